The molecule has 7 nitrogen and oxygen atoms in total. The molecule has 1 fully saturated rings. The molecule has 21 heavy (non-hydrogen) atoms. The maximum absolute atomic E-state index is 12.4. The Bertz CT molecular complexity index is 597. The standard InChI is InChI=1S/C14H15N3O4/c18-8-12-7-17(5-6-20-12)14(19)11-3-1-10(2-4-11)13-16-15-9-21-13/h1-4,9,12,18H,5-8H2. The van der Waals surface area contributed by atoms with Crippen molar-refractivity contribution in [1.82, 2.24) is 15.1 Å². The van der Waals surface area contributed by atoms with Gasteiger partial charge in [-0.2, -0.15) is 0 Å². The molecule has 0 radical (unpaired) electrons. The maximum atomic E-state index is 12.4. The van der Waals surface area contributed by atoms with Crippen LogP contribution < -0.4 is 0 Å². The number of hydrogen-bond acceptors (Lipinski definition) is 6. The third-order valence-corrected chi connectivity index (χ3v) is 3.37. The van der Waals surface area contributed by atoms with Gasteiger partial charge >= 0.3 is 0 Å². The Morgan fingerprint density at radius 1 is 1.38 bits per heavy atom. The van der Waals surface area contributed by atoms with E-state index in [0.29, 0.717) is 31.2 Å². The minimum Gasteiger partial charge on any atom is -0.423 e. The van der Waals surface area contributed by atoms with Crippen LogP contribution >= 0.6 is 0 Å². The highest BCUT2D eigenvalue weighted by molar-refractivity contribution is 5.94. The number of amides is 1. The third kappa shape index (κ3) is 2.93. The summed E-state index contributed by atoms with van der Waals surface area (Å²) in [6.45, 7) is 1.29. The van der Waals surface area contributed by atoms with Gasteiger partial charge in [-0.15, -0.1) is 10.2 Å². The minimum absolute atomic E-state index is 0.0752. The summed E-state index contributed by atoms with van der Waals surface area (Å²) in [4.78, 5) is 14.1. The first kappa shape index (κ1) is 13.7. The monoisotopic (exact) mass is 289 g/mol. The summed E-state index contributed by atoms with van der Waals surface area (Å²) in [5, 5.41) is 16.6. The number of benzene rings is 1. The number of carbonyl (C=O) groups is 1. The summed E-state index contributed by atoms with van der Waals surface area (Å²) < 4.78 is 10.4. The maximum Gasteiger partial charge on any atom is 0.254 e. The summed E-state index contributed by atoms with van der Waals surface area (Å²) >= 11 is 0. The van der Waals surface area contributed by atoms with Crippen molar-refractivity contribution >= 4 is 5.91 Å². The number of aliphatic hydroxyl groups is 1. The van der Waals surface area contributed by atoms with Crippen LogP contribution in [0.3, 0.4) is 0 Å². The molecule has 110 valence electrons. The average molecular weight is 289 g/mol. The molecule has 1 aromatic heterocycles. The normalized spacial score (nSPS) is 18.7. The second-order valence-electron chi connectivity index (χ2n) is 4.75. The molecule has 1 aromatic carbocycles. The van der Waals surface area contributed by atoms with Gasteiger partial charge in [-0.1, -0.05) is 0 Å². The van der Waals surface area contributed by atoms with Gasteiger partial charge < -0.3 is 19.2 Å². The van der Waals surface area contributed by atoms with E-state index in [4.69, 9.17) is 14.3 Å². The molecule has 1 atom stereocenters. The van der Waals surface area contributed by atoms with Crippen LogP contribution in [0.5, 0.6) is 0 Å². The highest BCUT2D eigenvalue weighted by Gasteiger charge is 2.24. The number of ether oxygens (including phenoxy) is 1. The van der Waals surface area contributed by atoms with Crippen LogP contribution in [-0.2, 0) is 4.74 Å². The van der Waals surface area contributed by atoms with Crippen LogP contribution in [0.4, 0.5) is 0 Å². The number of carbonyl (C=O) groups excluding carboxylic acids is 1. The molecule has 0 aliphatic carbocycles. The van der Waals surface area contributed by atoms with Gasteiger partial charge in [-0.05, 0) is 24.3 Å². The van der Waals surface area contributed by atoms with Gasteiger partial charge in [0.15, 0.2) is 0 Å². The van der Waals surface area contributed by atoms with Gasteiger partial charge in [0.1, 0.15) is 0 Å². The lowest BCUT2D eigenvalue weighted by molar-refractivity contribution is -0.0447. The van der Waals surface area contributed by atoms with Gasteiger partial charge in [0, 0.05) is 24.2 Å². The molecule has 2 heterocycles. The molecule has 0 spiro atoms. The molecule has 1 aliphatic heterocycles. The van der Waals surface area contributed by atoms with Gasteiger partial charge in [0.2, 0.25) is 12.3 Å². The second-order valence-corrected chi connectivity index (χ2v) is 4.75. The zero-order chi connectivity index (χ0) is 14.7. The number of rotatable bonds is 3. The van der Waals surface area contributed by atoms with Gasteiger partial charge in [-0.25, -0.2) is 0 Å². The Morgan fingerprint density at radius 2 is 2.19 bits per heavy atom. The molecule has 1 amide bonds. The molecule has 2 aromatic rings. The predicted octanol–water partition coefficient (Wildman–Crippen LogP) is 0.570. The van der Waals surface area contributed by atoms with Crippen LogP contribution in [0, 0.1) is 0 Å². The first-order valence-electron chi connectivity index (χ1n) is 6.66. The van der Waals surface area contributed by atoms with E-state index in [1.807, 2.05) is 0 Å². The Hall–Kier alpha value is -2.25. The molecule has 0 saturated carbocycles. The number of aliphatic hydroxyl groups excluding tert-OH is 1. The van der Waals surface area contributed by atoms with E-state index in [9.17, 15) is 4.79 Å². The molecule has 7 heteroatoms. The molecule has 1 unspecified atom stereocenters. The molecule has 1 saturated heterocycles. The first-order valence-corrected chi connectivity index (χ1v) is 6.66. The molecular formula is C14H15N3O4. The van der Waals surface area contributed by atoms with E-state index in [2.05, 4.69) is 10.2 Å². The van der Waals surface area contributed by atoms with Crippen LogP contribution in [0.1, 0.15) is 10.4 Å². The lowest BCUT2D eigenvalue weighted by Gasteiger charge is -2.32. The topological polar surface area (TPSA) is 88.7 Å². The van der Waals surface area contributed by atoms with Crippen molar-refractivity contribution < 1.29 is 19.1 Å². The molecule has 1 N–H and O–H groups in total. The minimum atomic E-state index is -0.305. The summed E-state index contributed by atoms with van der Waals surface area (Å²) in [6.07, 6.45) is 0.956. The summed E-state index contributed by atoms with van der Waals surface area (Å²) in [6, 6.07) is 6.99. The Morgan fingerprint density at radius 3 is 2.86 bits per heavy atom. The Labute approximate surface area is 121 Å². The van der Waals surface area contributed by atoms with E-state index in [-0.39, 0.29) is 18.6 Å². The fraction of sp³-hybridized carbons (Fsp3) is 0.357. The largest absolute Gasteiger partial charge is 0.423 e. The first-order chi connectivity index (χ1) is 10.3. The SMILES string of the molecule is O=C(c1ccc(-c2nnco2)cc1)N1CCOC(CO)C1. The van der Waals surface area contributed by atoms with Crippen molar-refractivity contribution in [2.45, 2.75) is 6.10 Å². The smallest absolute Gasteiger partial charge is 0.254 e. The van der Waals surface area contributed by atoms with E-state index in [1.165, 1.54) is 6.39 Å². The highest BCUT2D eigenvalue weighted by Crippen LogP contribution is 2.18. The van der Waals surface area contributed by atoms with Crippen LogP contribution in [0.15, 0.2) is 35.1 Å². The Kier molecular flexibility index (Phi) is 3.94. The van der Waals surface area contributed by atoms with Crippen molar-refractivity contribution in [3.63, 3.8) is 0 Å². The summed E-state index contributed by atoms with van der Waals surface area (Å²) in [7, 11) is 0. The summed E-state index contributed by atoms with van der Waals surface area (Å²) in [5.41, 5.74) is 1.34. The van der Waals surface area contributed by atoms with Gasteiger partial charge in [-0.3, -0.25) is 4.79 Å². The molecule has 1 aliphatic rings. The van der Waals surface area contributed by atoms with Crippen molar-refractivity contribution in [2.24, 2.45) is 0 Å². The quantitative estimate of drug-likeness (QED) is 0.888. The fourth-order valence-electron chi connectivity index (χ4n) is 2.25. The van der Waals surface area contributed by atoms with E-state index >= 15 is 0 Å². The zero-order valence-electron chi connectivity index (χ0n) is 11.3. The summed E-state index contributed by atoms with van der Waals surface area (Å²) in [5.74, 6) is 0.342. The van der Waals surface area contributed by atoms with Crippen LogP contribution in [-0.4, -0.2) is 58.5 Å². The van der Waals surface area contributed by atoms with E-state index in [1.54, 1.807) is 29.2 Å². The highest BCUT2D eigenvalue weighted by atomic mass is 16.5. The average Bonchev–Trinajstić information content (AvgIpc) is 3.09. The lowest BCUT2D eigenvalue weighted by Crippen LogP contribution is -2.46. The number of hydrogen-bond donors (Lipinski definition) is 1. The number of morpholine rings is 1. The van der Waals surface area contributed by atoms with Crippen molar-refractivity contribution in [1.29, 1.82) is 0 Å². The third-order valence-electron chi connectivity index (χ3n) is 3.37. The number of nitrogens with zero attached hydrogens (tertiary/aromatic N) is 3. The fourth-order valence-corrected chi connectivity index (χ4v) is 2.25. The van der Waals surface area contributed by atoms with Crippen LogP contribution in [0.25, 0.3) is 11.5 Å². The zero-order valence-corrected chi connectivity index (χ0v) is 11.3. The Balaban J connectivity index is 1.73. The molecule has 3 rings (SSSR count). The predicted molar refractivity (Wildman–Crippen MR) is 72.5 cm³/mol. The molecule has 0 bridgehead atoms. The van der Waals surface area contributed by atoms with E-state index < -0.39 is 0 Å². The van der Waals surface area contributed by atoms with Crippen molar-refractivity contribution in [3.8, 4) is 11.5 Å². The van der Waals surface area contributed by atoms with Crippen molar-refractivity contribution in [2.75, 3.05) is 26.3 Å². The second kappa shape index (κ2) is 6.02. The molecular weight excluding hydrogens is 274 g/mol. The van der Waals surface area contributed by atoms with Crippen molar-refractivity contribution in [3.05, 3.63) is 36.2 Å². The van der Waals surface area contributed by atoms with E-state index in [0.717, 1.165) is 5.56 Å². The lowest BCUT2D eigenvalue weighted by atomic mass is 10.1. The van der Waals surface area contributed by atoms with Gasteiger partial charge in [0.05, 0.1) is 19.3 Å². The number of aromatic nitrogens is 2. The van der Waals surface area contributed by atoms with Gasteiger partial charge in [0.25, 0.3) is 5.91 Å². The van der Waals surface area contributed by atoms with Crippen LogP contribution in [0.2, 0.25) is 0 Å².